The molecule has 2 aromatic carbocycles. The zero-order chi connectivity index (χ0) is 26.3. The van der Waals surface area contributed by atoms with Crippen molar-refractivity contribution >= 4 is 17.6 Å². The fourth-order valence-corrected chi connectivity index (χ4v) is 3.96. The van der Waals surface area contributed by atoms with Gasteiger partial charge in [0.25, 0.3) is 5.54 Å². The second-order valence-corrected chi connectivity index (χ2v) is 8.51. The minimum absolute atomic E-state index is 0.174. The normalized spacial score (nSPS) is 18.0. The maximum absolute atomic E-state index is 14.2. The van der Waals surface area contributed by atoms with Gasteiger partial charge in [0, 0.05) is 25.3 Å². The number of hydrogen-bond acceptors (Lipinski definition) is 3. The van der Waals surface area contributed by atoms with Crippen molar-refractivity contribution in [3.8, 4) is 0 Å². The van der Waals surface area contributed by atoms with Crippen LogP contribution in [-0.4, -0.2) is 59.8 Å². The number of carbonyl (C=O) groups excluding carboxylic acids is 1. The molecule has 5 nitrogen and oxygen atoms in total. The first kappa shape index (κ1) is 26.3. The summed E-state index contributed by atoms with van der Waals surface area (Å²) in [5, 5.41) is 2.33. The number of alkyl halides is 6. The summed E-state index contributed by atoms with van der Waals surface area (Å²) < 4.78 is 98.4. The lowest BCUT2D eigenvalue weighted by atomic mass is 9.94. The van der Waals surface area contributed by atoms with Gasteiger partial charge in [-0.25, -0.2) is 14.2 Å². The lowest BCUT2D eigenvalue weighted by molar-refractivity contribution is -0.311. The van der Waals surface area contributed by atoms with Gasteiger partial charge in [-0.15, -0.1) is 0 Å². The van der Waals surface area contributed by atoms with Crippen LogP contribution in [0.25, 0.3) is 0 Å². The van der Waals surface area contributed by atoms with Crippen molar-refractivity contribution in [1.29, 1.82) is 0 Å². The largest absolute Gasteiger partial charge is 0.426 e. The predicted molar refractivity (Wildman–Crippen MR) is 117 cm³/mol. The number of anilines is 1. The molecule has 35 heavy (non-hydrogen) atoms. The second kappa shape index (κ2) is 9.04. The van der Waals surface area contributed by atoms with E-state index in [9.17, 15) is 35.5 Å². The van der Waals surface area contributed by atoms with Gasteiger partial charge in [-0.2, -0.15) is 26.3 Å². The predicted octanol–water partition coefficient (Wildman–Crippen LogP) is 5.99. The van der Waals surface area contributed by atoms with Crippen LogP contribution >= 0.6 is 0 Å². The number of hydrogen-bond donors (Lipinski definition) is 1. The third-order valence-electron chi connectivity index (χ3n) is 5.84. The van der Waals surface area contributed by atoms with Crippen LogP contribution < -0.4 is 5.32 Å². The number of carbonyl (C=O) groups is 1. The summed E-state index contributed by atoms with van der Waals surface area (Å²) in [6.07, 6.45) is -14.4. The van der Waals surface area contributed by atoms with E-state index in [1.54, 1.807) is 12.1 Å². The number of urea groups is 1. The van der Waals surface area contributed by atoms with Crippen LogP contribution in [-0.2, 0) is 0 Å². The number of aliphatic imine (C=N–C) groups is 1. The molecule has 0 spiro atoms. The average molecular weight is 504 g/mol. The van der Waals surface area contributed by atoms with Crippen molar-refractivity contribution in [3.63, 3.8) is 0 Å². The quantitative estimate of drug-likeness (QED) is 0.520. The summed E-state index contributed by atoms with van der Waals surface area (Å²) >= 11 is 0. The molecule has 12 heteroatoms. The monoisotopic (exact) mass is 504 g/mol. The molecule has 1 N–H and O–H groups in total. The smallest absolute Gasteiger partial charge is 0.336 e. The minimum Gasteiger partial charge on any atom is -0.336 e. The molecule has 0 fully saturated rings. The second-order valence-electron chi connectivity index (χ2n) is 8.51. The summed E-state index contributed by atoms with van der Waals surface area (Å²) in [6, 6.07) is 8.98. The Morgan fingerprint density at radius 3 is 1.97 bits per heavy atom. The Kier molecular flexibility index (Phi) is 6.80. The number of rotatable bonds is 4. The van der Waals surface area contributed by atoms with Gasteiger partial charge < -0.3 is 15.1 Å². The van der Waals surface area contributed by atoms with Gasteiger partial charge in [0.2, 0.25) is 0 Å². The third-order valence-corrected chi connectivity index (χ3v) is 5.84. The van der Waals surface area contributed by atoms with Crippen molar-refractivity contribution in [2.45, 2.75) is 43.8 Å². The van der Waals surface area contributed by atoms with Gasteiger partial charge in [-0.1, -0.05) is 26.0 Å². The first-order valence-corrected chi connectivity index (χ1v) is 10.5. The maximum Gasteiger partial charge on any atom is 0.426 e. The standard InChI is InChI=1S/C23H23F7N4O/c1-13(2)14-7-11-17(12-8-14)31-20(35)34(4)19-21(22(25,26)27,23(28,29)30)32-18(33(19)3)15-5-9-16(24)10-6-15/h5-13,19H,1-4H3,(H,31,35). The van der Waals surface area contributed by atoms with E-state index in [0.717, 1.165) is 43.9 Å². The summed E-state index contributed by atoms with van der Waals surface area (Å²) in [7, 11) is 1.79. The lowest BCUT2D eigenvalue weighted by Crippen LogP contribution is -2.69. The fraction of sp³-hybridized carbons (Fsp3) is 0.391. The highest BCUT2D eigenvalue weighted by Gasteiger charge is 2.79. The molecule has 0 aromatic heterocycles. The molecule has 1 atom stereocenters. The Labute approximate surface area is 197 Å². The Morgan fingerprint density at radius 1 is 1.00 bits per heavy atom. The molecule has 0 aliphatic carbocycles. The van der Waals surface area contributed by atoms with E-state index in [4.69, 9.17) is 0 Å². The highest BCUT2D eigenvalue weighted by atomic mass is 19.4. The number of benzene rings is 2. The molecule has 0 saturated heterocycles. The first-order valence-electron chi connectivity index (χ1n) is 10.5. The Bertz CT molecular complexity index is 1080. The Hall–Kier alpha value is -3.31. The number of halogens is 7. The molecule has 190 valence electrons. The SMILES string of the molecule is CC(C)c1ccc(NC(=O)N(C)C2N(C)C(c3ccc(F)cc3)=NC2(C(F)(F)F)C(F)(F)F)cc1. The highest BCUT2D eigenvalue weighted by Crippen LogP contribution is 2.53. The molecule has 0 saturated carbocycles. The molecule has 0 radical (unpaired) electrons. The van der Waals surface area contributed by atoms with Gasteiger partial charge in [-0.3, -0.25) is 0 Å². The van der Waals surface area contributed by atoms with Gasteiger partial charge in [-0.05, 0) is 47.9 Å². The van der Waals surface area contributed by atoms with Crippen molar-refractivity contribution in [2.75, 3.05) is 19.4 Å². The zero-order valence-electron chi connectivity index (χ0n) is 19.2. The fourth-order valence-electron chi connectivity index (χ4n) is 3.96. The van der Waals surface area contributed by atoms with Crippen LogP contribution in [0.3, 0.4) is 0 Å². The van der Waals surface area contributed by atoms with E-state index < -0.39 is 41.7 Å². The first-order chi connectivity index (χ1) is 16.1. The van der Waals surface area contributed by atoms with Crippen molar-refractivity contribution in [1.82, 2.24) is 9.80 Å². The van der Waals surface area contributed by atoms with Crippen LogP contribution in [0.2, 0.25) is 0 Å². The molecule has 2 aromatic rings. The van der Waals surface area contributed by atoms with Gasteiger partial charge in [0.1, 0.15) is 11.7 Å². The van der Waals surface area contributed by atoms with Crippen LogP contribution in [0.5, 0.6) is 0 Å². The number of likely N-dealkylation sites (N-methyl/N-ethyl adjacent to an activating group) is 2. The average Bonchev–Trinajstić information content (AvgIpc) is 3.08. The van der Waals surface area contributed by atoms with Crippen LogP contribution in [0, 0.1) is 5.82 Å². The van der Waals surface area contributed by atoms with E-state index in [0.29, 0.717) is 9.80 Å². The third kappa shape index (κ3) is 4.65. The summed E-state index contributed by atoms with van der Waals surface area (Å²) in [5.41, 5.74) is -3.70. The maximum atomic E-state index is 14.2. The van der Waals surface area contributed by atoms with E-state index in [2.05, 4.69) is 10.3 Å². The van der Waals surface area contributed by atoms with Crippen molar-refractivity contribution in [2.24, 2.45) is 4.99 Å². The molecule has 3 rings (SSSR count). The summed E-state index contributed by atoms with van der Waals surface area (Å²) in [6.45, 7) is 3.87. The van der Waals surface area contributed by atoms with Crippen molar-refractivity contribution in [3.05, 3.63) is 65.5 Å². The van der Waals surface area contributed by atoms with Gasteiger partial charge in [0.05, 0.1) is 0 Å². The highest BCUT2D eigenvalue weighted by molar-refractivity contribution is 6.01. The molecule has 0 bridgehead atoms. The Balaban J connectivity index is 2.04. The Morgan fingerprint density at radius 2 is 1.51 bits per heavy atom. The summed E-state index contributed by atoms with van der Waals surface area (Å²) in [5.74, 6) is -1.24. The zero-order valence-corrected chi connectivity index (χ0v) is 19.2. The van der Waals surface area contributed by atoms with E-state index in [-0.39, 0.29) is 17.2 Å². The number of nitrogens with zero attached hydrogens (tertiary/aromatic N) is 3. The number of amidine groups is 1. The molecule has 2 amide bonds. The van der Waals surface area contributed by atoms with Crippen LogP contribution in [0.4, 0.5) is 41.2 Å². The molecular weight excluding hydrogens is 481 g/mol. The molecular formula is C23H23F7N4O. The molecule has 1 aliphatic rings. The van der Waals surface area contributed by atoms with Crippen LogP contribution in [0.15, 0.2) is 53.5 Å². The van der Waals surface area contributed by atoms with Gasteiger partial charge >= 0.3 is 18.4 Å². The number of nitrogens with one attached hydrogen (secondary N) is 1. The van der Waals surface area contributed by atoms with E-state index in [1.165, 1.54) is 12.1 Å². The number of amides is 2. The van der Waals surface area contributed by atoms with Crippen LogP contribution in [0.1, 0.15) is 30.9 Å². The molecule has 1 aliphatic heterocycles. The molecule has 1 heterocycles. The minimum atomic E-state index is -5.92. The van der Waals surface area contributed by atoms with Gasteiger partial charge in [0.15, 0.2) is 6.17 Å². The van der Waals surface area contributed by atoms with E-state index >= 15 is 0 Å². The van der Waals surface area contributed by atoms with E-state index in [1.807, 2.05) is 13.8 Å². The summed E-state index contributed by atoms with van der Waals surface area (Å²) in [4.78, 5) is 16.9. The van der Waals surface area contributed by atoms with Crippen molar-refractivity contribution < 1.29 is 35.5 Å². The topological polar surface area (TPSA) is 47.9 Å². The molecule has 1 unspecified atom stereocenters. The lowest BCUT2D eigenvalue weighted by Gasteiger charge is -2.42.